The maximum Gasteiger partial charge on any atom is 0.122 e. The Balaban J connectivity index is 3.08. The molecule has 0 atom stereocenters. The van der Waals surface area contributed by atoms with Crippen LogP contribution in [0.15, 0.2) is 18.2 Å². The molecule has 1 aromatic rings. The van der Waals surface area contributed by atoms with E-state index in [1.54, 1.807) is 7.11 Å². The molecular weight excluding hydrogens is 196 g/mol. The third-order valence-electron chi connectivity index (χ3n) is 2.17. The van der Waals surface area contributed by atoms with Crippen molar-refractivity contribution in [2.75, 3.05) is 13.0 Å². The number of ether oxygens (including phenoxy) is 1. The van der Waals surface area contributed by atoms with E-state index in [2.05, 4.69) is 13.0 Å². The van der Waals surface area contributed by atoms with Gasteiger partial charge in [-0.1, -0.05) is 12.2 Å². The van der Waals surface area contributed by atoms with Gasteiger partial charge in [0.05, 0.1) is 7.11 Å². The largest absolute Gasteiger partial charge is 0.496 e. The fraction of sp³-hybridized carbons (Fsp3) is 0.333. The second-order valence-corrected chi connectivity index (χ2v) is 3.54. The van der Waals surface area contributed by atoms with Gasteiger partial charge in [-0.15, -0.1) is 11.6 Å². The highest BCUT2D eigenvalue weighted by Gasteiger charge is 2.01. The molecule has 1 nitrogen and oxygen atoms in total. The van der Waals surface area contributed by atoms with Crippen LogP contribution in [0.3, 0.4) is 0 Å². The number of aryl methyl sites for hydroxylation is 2. The van der Waals surface area contributed by atoms with Crippen LogP contribution < -0.4 is 4.74 Å². The minimum Gasteiger partial charge on any atom is -0.496 e. The average Bonchev–Trinajstić information content (AvgIpc) is 2.18. The molecule has 0 saturated carbocycles. The summed E-state index contributed by atoms with van der Waals surface area (Å²) < 4.78 is 5.24. The number of methoxy groups -OCH3 is 1. The van der Waals surface area contributed by atoms with Crippen LogP contribution in [-0.2, 0) is 0 Å². The summed E-state index contributed by atoms with van der Waals surface area (Å²) in [4.78, 5) is 0. The van der Waals surface area contributed by atoms with Crippen molar-refractivity contribution >= 4 is 17.7 Å². The Morgan fingerprint density at radius 3 is 2.57 bits per heavy atom. The maximum atomic E-state index is 5.59. The van der Waals surface area contributed by atoms with E-state index in [9.17, 15) is 0 Å². The predicted molar refractivity (Wildman–Crippen MR) is 62.2 cm³/mol. The minimum absolute atomic E-state index is 0.546. The number of alkyl halides is 1. The van der Waals surface area contributed by atoms with Crippen molar-refractivity contribution in [3.8, 4) is 5.75 Å². The van der Waals surface area contributed by atoms with Gasteiger partial charge < -0.3 is 4.74 Å². The molecule has 2 heteroatoms. The van der Waals surface area contributed by atoms with Gasteiger partial charge in [0.2, 0.25) is 0 Å². The number of halogens is 1. The van der Waals surface area contributed by atoms with Crippen LogP contribution in [0.2, 0.25) is 0 Å². The Kier molecular flexibility index (Phi) is 4.02. The van der Waals surface area contributed by atoms with Gasteiger partial charge in [-0.2, -0.15) is 0 Å². The first-order chi connectivity index (χ1) is 6.69. The van der Waals surface area contributed by atoms with Crippen molar-refractivity contribution in [1.29, 1.82) is 0 Å². The zero-order chi connectivity index (χ0) is 10.6. The van der Waals surface area contributed by atoms with E-state index in [0.29, 0.717) is 5.88 Å². The van der Waals surface area contributed by atoms with Crippen LogP contribution in [-0.4, -0.2) is 13.0 Å². The van der Waals surface area contributed by atoms with Gasteiger partial charge in [0.1, 0.15) is 5.75 Å². The molecule has 0 bridgehead atoms. The van der Waals surface area contributed by atoms with Crippen LogP contribution in [0.25, 0.3) is 6.08 Å². The highest BCUT2D eigenvalue weighted by Crippen LogP contribution is 2.23. The van der Waals surface area contributed by atoms with Gasteiger partial charge in [0, 0.05) is 5.88 Å². The highest BCUT2D eigenvalue weighted by molar-refractivity contribution is 6.19. The summed E-state index contributed by atoms with van der Waals surface area (Å²) in [6.45, 7) is 4.10. The molecule has 0 saturated heterocycles. The minimum atomic E-state index is 0.546. The first-order valence-corrected chi connectivity index (χ1v) is 5.10. The Labute approximate surface area is 90.3 Å². The molecule has 0 N–H and O–H groups in total. The lowest BCUT2D eigenvalue weighted by Gasteiger charge is -2.08. The first-order valence-electron chi connectivity index (χ1n) is 4.56. The standard InChI is InChI=1S/C12H15ClO/c1-9-8-12(14-3)10(2)7-11(9)5-4-6-13/h4-5,7-8H,6H2,1-3H3. The van der Waals surface area contributed by atoms with E-state index >= 15 is 0 Å². The summed E-state index contributed by atoms with van der Waals surface area (Å²) in [6, 6.07) is 4.15. The molecular formula is C12H15ClO. The SMILES string of the molecule is COc1cc(C)c(C=CCCl)cc1C. The zero-order valence-corrected chi connectivity index (χ0v) is 9.56. The normalized spacial score (nSPS) is 10.9. The van der Waals surface area contributed by atoms with Crippen molar-refractivity contribution < 1.29 is 4.74 Å². The second-order valence-electron chi connectivity index (χ2n) is 3.24. The summed E-state index contributed by atoms with van der Waals surface area (Å²) in [7, 11) is 1.69. The molecule has 14 heavy (non-hydrogen) atoms. The molecule has 0 unspecified atom stereocenters. The van der Waals surface area contributed by atoms with Gasteiger partial charge >= 0.3 is 0 Å². The van der Waals surface area contributed by atoms with E-state index in [0.717, 1.165) is 11.3 Å². The van der Waals surface area contributed by atoms with Crippen LogP contribution in [0, 0.1) is 13.8 Å². The summed E-state index contributed by atoms with van der Waals surface area (Å²) in [5.41, 5.74) is 3.55. The molecule has 1 rings (SSSR count). The lowest BCUT2D eigenvalue weighted by molar-refractivity contribution is 0.411. The number of hydrogen-bond acceptors (Lipinski definition) is 1. The Morgan fingerprint density at radius 2 is 2.00 bits per heavy atom. The van der Waals surface area contributed by atoms with E-state index in [1.165, 1.54) is 11.1 Å². The van der Waals surface area contributed by atoms with Crippen molar-refractivity contribution in [2.45, 2.75) is 13.8 Å². The molecule has 0 radical (unpaired) electrons. The molecule has 0 aliphatic carbocycles. The lowest BCUT2D eigenvalue weighted by Crippen LogP contribution is -1.90. The lowest BCUT2D eigenvalue weighted by atomic mass is 10.0. The molecule has 1 aromatic carbocycles. The monoisotopic (exact) mass is 210 g/mol. The number of allylic oxidation sites excluding steroid dienone is 1. The third-order valence-corrected chi connectivity index (χ3v) is 2.35. The van der Waals surface area contributed by atoms with Crippen LogP contribution >= 0.6 is 11.6 Å². The summed E-state index contributed by atoms with van der Waals surface area (Å²) in [5.74, 6) is 1.48. The summed E-state index contributed by atoms with van der Waals surface area (Å²) >= 11 is 5.59. The summed E-state index contributed by atoms with van der Waals surface area (Å²) in [6.07, 6.45) is 3.98. The quantitative estimate of drug-likeness (QED) is 0.694. The van der Waals surface area contributed by atoms with Crippen LogP contribution in [0.1, 0.15) is 16.7 Å². The van der Waals surface area contributed by atoms with Gasteiger partial charge in [0.15, 0.2) is 0 Å². The van der Waals surface area contributed by atoms with Crippen LogP contribution in [0.4, 0.5) is 0 Å². The van der Waals surface area contributed by atoms with Crippen molar-refractivity contribution in [3.05, 3.63) is 34.9 Å². The molecule has 0 amide bonds. The van der Waals surface area contributed by atoms with E-state index in [-0.39, 0.29) is 0 Å². The van der Waals surface area contributed by atoms with E-state index < -0.39 is 0 Å². The maximum absolute atomic E-state index is 5.59. The van der Waals surface area contributed by atoms with Gasteiger partial charge in [-0.05, 0) is 42.7 Å². The molecule has 0 spiro atoms. The number of benzene rings is 1. The van der Waals surface area contributed by atoms with Gasteiger partial charge in [-0.3, -0.25) is 0 Å². The fourth-order valence-electron chi connectivity index (χ4n) is 1.38. The molecule has 0 heterocycles. The topological polar surface area (TPSA) is 9.23 Å². The van der Waals surface area contributed by atoms with Gasteiger partial charge in [0.25, 0.3) is 0 Å². The number of hydrogen-bond donors (Lipinski definition) is 0. The molecule has 0 aliphatic heterocycles. The van der Waals surface area contributed by atoms with Gasteiger partial charge in [-0.25, -0.2) is 0 Å². The first kappa shape index (κ1) is 11.1. The van der Waals surface area contributed by atoms with E-state index in [1.807, 2.05) is 25.1 Å². The summed E-state index contributed by atoms with van der Waals surface area (Å²) in [5, 5.41) is 0. The second kappa shape index (κ2) is 5.06. The zero-order valence-electron chi connectivity index (χ0n) is 8.80. The predicted octanol–water partition coefficient (Wildman–Crippen LogP) is 3.56. The fourth-order valence-corrected chi connectivity index (χ4v) is 1.47. The van der Waals surface area contributed by atoms with Crippen molar-refractivity contribution in [2.24, 2.45) is 0 Å². The molecule has 0 aliphatic rings. The van der Waals surface area contributed by atoms with Crippen molar-refractivity contribution in [1.82, 2.24) is 0 Å². The smallest absolute Gasteiger partial charge is 0.122 e. The molecule has 76 valence electrons. The number of rotatable bonds is 3. The molecule has 0 fully saturated rings. The Bertz CT molecular complexity index is 342. The Hall–Kier alpha value is -0.950. The Morgan fingerprint density at radius 1 is 1.29 bits per heavy atom. The van der Waals surface area contributed by atoms with Crippen LogP contribution in [0.5, 0.6) is 5.75 Å². The highest BCUT2D eigenvalue weighted by atomic mass is 35.5. The molecule has 0 aromatic heterocycles. The third kappa shape index (κ3) is 2.52. The van der Waals surface area contributed by atoms with E-state index in [4.69, 9.17) is 16.3 Å². The van der Waals surface area contributed by atoms with Crippen molar-refractivity contribution in [3.63, 3.8) is 0 Å². The average molecular weight is 211 g/mol.